The lowest BCUT2D eigenvalue weighted by atomic mass is 10.1. The zero-order valence-electron chi connectivity index (χ0n) is 9.66. The number of hydrogen-bond donors (Lipinski definition) is 2. The van der Waals surface area contributed by atoms with Gasteiger partial charge in [0, 0.05) is 13.5 Å². The van der Waals surface area contributed by atoms with E-state index in [1.165, 1.54) is 6.92 Å². The molecule has 86 valence electrons. The molecule has 1 rings (SSSR count). The summed E-state index contributed by atoms with van der Waals surface area (Å²) in [5.74, 6) is 0.267. The minimum Gasteiger partial charge on any atom is -0.508 e. The molecule has 3 nitrogen and oxygen atoms in total. The third kappa shape index (κ3) is 4.64. The van der Waals surface area contributed by atoms with E-state index in [0.29, 0.717) is 6.54 Å². The summed E-state index contributed by atoms with van der Waals surface area (Å²) in [6, 6.07) is 5.42. The number of benzene rings is 1. The van der Waals surface area contributed by atoms with Gasteiger partial charge in [-0.25, -0.2) is 0 Å². The predicted octanol–water partition coefficient (Wildman–Crippen LogP) is 2.24. The van der Waals surface area contributed by atoms with Crippen LogP contribution in [0.2, 0.25) is 0 Å². The Bertz CT molecular complexity index is 377. The van der Waals surface area contributed by atoms with Crippen molar-refractivity contribution in [1.29, 1.82) is 0 Å². The van der Waals surface area contributed by atoms with Gasteiger partial charge in [-0.3, -0.25) is 4.79 Å². The topological polar surface area (TPSA) is 49.3 Å². The Hall–Kier alpha value is -1.77. The van der Waals surface area contributed by atoms with E-state index in [-0.39, 0.29) is 11.7 Å². The van der Waals surface area contributed by atoms with Crippen molar-refractivity contribution in [2.75, 3.05) is 6.54 Å². The van der Waals surface area contributed by atoms with Crippen molar-refractivity contribution in [2.45, 2.75) is 20.3 Å². The van der Waals surface area contributed by atoms with Crippen molar-refractivity contribution in [1.82, 2.24) is 5.32 Å². The third-order valence-corrected chi connectivity index (χ3v) is 2.08. The maximum Gasteiger partial charge on any atom is 0.216 e. The van der Waals surface area contributed by atoms with Crippen molar-refractivity contribution in [2.24, 2.45) is 0 Å². The molecule has 2 N–H and O–H groups in total. The van der Waals surface area contributed by atoms with E-state index in [2.05, 4.69) is 5.32 Å². The van der Waals surface area contributed by atoms with Gasteiger partial charge in [-0.2, -0.15) is 0 Å². The van der Waals surface area contributed by atoms with Crippen LogP contribution in [-0.4, -0.2) is 17.6 Å². The van der Waals surface area contributed by atoms with E-state index in [1.54, 1.807) is 12.1 Å². The van der Waals surface area contributed by atoms with Crippen LogP contribution in [0.1, 0.15) is 24.5 Å². The maximum atomic E-state index is 10.6. The van der Waals surface area contributed by atoms with Crippen molar-refractivity contribution in [3.8, 4) is 5.75 Å². The lowest BCUT2D eigenvalue weighted by molar-refractivity contribution is -0.118. The number of phenols is 1. The van der Waals surface area contributed by atoms with Gasteiger partial charge >= 0.3 is 0 Å². The molecular formula is C13H17NO2. The molecule has 0 unspecified atom stereocenters. The zero-order valence-corrected chi connectivity index (χ0v) is 9.66. The van der Waals surface area contributed by atoms with Crippen LogP contribution in [0.15, 0.2) is 24.3 Å². The molecule has 0 aliphatic heterocycles. The molecule has 0 bridgehead atoms. The quantitative estimate of drug-likeness (QED) is 0.763. The zero-order chi connectivity index (χ0) is 12.0. The van der Waals surface area contributed by atoms with Gasteiger partial charge < -0.3 is 10.4 Å². The summed E-state index contributed by atoms with van der Waals surface area (Å²) in [4.78, 5) is 10.6. The van der Waals surface area contributed by atoms with Gasteiger partial charge in [0.25, 0.3) is 0 Å². The Morgan fingerprint density at radius 2 is 2.19 bits per heavy atom. The largest absolute Gasteiger partial charge is 0.508 e. The minimum atomic E-state index is -0.0124. The van der Waals surface area contributed by atoms with Crippen LogP contribution < -0.4 is 5.32 Å². The molecule has 3 heteroatoms. The van der Waals surface area contributed by atoms with Crippen LogP contribution in [0.4, 0.5) is 0 Å². The van der Waals surface area contributed by atoms with Crippen molar-refractivity contribution >= 4 is 12.0 Å². The van der Waals surface area contributed by atoms with Gasteiger partial charge in [-0.05, 0) is 36.6 Å². The number of carbonyl (C=O) groups excluding carboxylic acids is 1. The van der Waals surface area contributed by atoms with Gasteiger partial charge in [-0.15, -0.1) is 0 Å². The maximum absolute atomic E-state index is 10.6. The first-order valence-electron chi connectivity index (χ1n) is 5.29. The van der Waals surface area contributed by atoms with Crippen LogP contribution in [0.3, 0.4) is 0 Å². The lowest BCUT2D eigenvalue weighted by Gasteiger charge is -1.99. The predicted molar refractivity (Wildman–Crippen MR) is 65.2 cm³/mol. The van der Waals surface area contributed by atoms with Crippen molar-refractivity contribution in [3.63, 3.8) is 0 Å². The standard InChI is InChI=1S/C13H17NO2/c1-10-7-12(9-13(16)8-10)5-3-4-6-14-11(2)15/h3,5,7-9,16H,4,6H2,1-2H3,(H,14,15). The number of phenolic OH excluding ortho intramolecular Hbond substituents is 1. The first kappa shape index (κ1) is 12.3. The Balaban J connectivity index is 2.46. The fourth-order valence-corrected chi connectivity index (χ4v) is 1.44. The van der Waals surface area contributed by atoms with Gasteiger partial charge in [0.1, 0.15) is 5.75 Å². The average molecular weight is 219 g/mol. The highest BCUT2D eigenvalue weighted by Gasteiger charge is 1.93. The Morgan fingerprint density at radius 3 is 2.81 bits per heavy atom. The number of carbonyl (C=O) groups is 1. The number of rotatable bonds is 4. The van der Waals surface area contributed by atoms with E-state index in [1.807, 2.05) is 25.1 Å². The number of nitrogens with one attached hydrogen (secondary N) is 1. The summed E-state index contributed by atoms with van der Waals surface area (Å²) in [7, 11) is 0. The van der Waals surface area contributed by atoms with E-state index < -0.39 is 0 Å². The molecule has 0 aromatic heterocycles. The average Bonchev–Trinajstić information content (AvgIpc) is 2.15. The monoisotopic (exact) mass is 219 g/mol. The second-order valence-electron chi connectivity index (χ2n) is 3.78. The lowest BCUT2D eigenvalue weighted by Crippen LogP contribution is -2.20. The molecule has 0 aliphatic rings. The van der Waals surface area contributed by atoms with Gasteiger partial charge in [-0.1, -0.05) is 18.2 Å². The van der Waals surface area contributed by atoms with Gasteiger partial charge in [0.15, 0.2) is 0 Å². The Kier molecular flexibility index (Phi) is 4.58. The first-order chi connectivity index (χ1) is 7.58. The molecule has 1 amide bonds. The SMILES string of the molecule is CC(=O)NCCC=Cc1cc(C)cc(O)c1. The fourth-order valence-electron chi connectivity index (χ4n) is 1.44. The summed E-state index contributed by atoms with van der Waals surface area (Å²) in [6.07, 6.45) is 4.70. The molecule has 0 aliphatic carbocycles. The molecule has 16 heavy (non-hydrogen) atoms. The highest BCUT2D eigenvalue weighted by Crippen LogP contribution is 2.16. The summed E-state index contributed by atoms with van der Waals surface area (Å²) in [5, 5.41) is 12.1. The fraction of sp³-hybridized carbons (Fsp3) is 0.308. The Morgan fingerprint density at radius 1 is 1.44 bits per heavy atom. The van der Waals surface area contributed by atoms with E-state index in [0.717, 1.165) is 17.5 Å². The van der Waals surface area contributed by atoms with Crippen LogP contribution in [0.25, 0.3) is 6.08 Å². The number of aromatic hydroxyl groups is 1. The molecule has 0 heterocycles. The molecular weight excluding hydrogens is 202 g/mol. The molecule has 1 aromatic rings. The van der Waals surface area contributed by atoms with Crippen LogP contribution in [-0.2, 0) is 4.79 Å². The van der Waals surface area contributed by atoms with Crippen molar-refractivity contribution < 1.29 is 9.90 Å². The van der Waals surface area contributed by atoms with Crippen LogP contribution >= 0.6 is 0 Å². The Labute approximate surface area is 95.8 Å². The van der Waals surface area contributed by atoms with Crippen molar-refractivity contribution in [3.05, 3.63) is 35.4 Å². The van der Waals surface area contributed by atoms with E-state index in [9.17, 15) is 9.90 Å². The van der Waals surface area contributed by atoms with E-state index in [4.69, 9.17) is 0 Å². The normalized spacial score (nSPS) is 10.6. The molecule has 0 atom stereocenters. The number of hydrogen-bond acceptors (Lipinski definition) is 2. The molecule has 0 radical (unpaired) electrons. The third-order valence-electron chi connectivity index (χ3n) is 2.08. The molecule has 0 saturated heterocycles. The number of aryl methyl sites for hydroxylation is 1. The van der Waals surface area contributed by atoms with Crippen LogP contribution in [0, 0.1) is 6.92 Å². The molecule has 0 saturated carbocycles. The molecule has 0 fully saturated rings. The molecule has 1 aromatic carbocycles. The highest BCUT2D eigenvalue weighted by molar-refractivity contribution is 5.72. The van der Waals surface area contributed by atoms with Gasteiger partial charge in [0.05, 0.1) is 0 Å². The second-order valence-corrected chi connectivity index (χ2v) is 3.78. The summed E-state index contributed by atoms with van der Waals surface area (Å²) < 4.78 is 0. The smallest absolute Gasteiger partial charge is 0.216 e. The summed E-state index contributed by atoms with van der Waals surface area (Å²) in [6.45, 7) is 4.08. The second kappa shape index (κ2) is 5.95. The molecule has 0 spiro atoms. The van der Waals surface area contributed by atoms with Gasteiger partial charge in [0.2, 0.25) is 5.91 Å². The summed E-state index contributed by atoms with van der Waals surface area (Å²) >= 11 is 0. The van der Waals surface area contributed by atoms with E-state index >= 15 is 0 Å². The van der Waals surface area contributed by atoms with Crippen LogP contribution in [0.5, 0.6) is 5.75 Å². The minimum absolute atomic E-state index is 0.0124. The summed E-state index contributed by atoms with van der Waals surface area (Å²) in [5.41, 5.74) is 2.00. The first-order valence-corrected chi connectivity index (χ1v) is 5.29. The highest BCUT2D eigenvalue weighted by atomic mass is 16.3. The number of amides is 1.